The first kappa shape index (κ1) is 61.7. The van der Waals surface area contributed by atoms with Gasteiger partial charge in [-0.05, 0) is 179 Å². The third-order valence-electron chi connectivity index (χ3n) is 23.0. The summed E-state index contributed by atoms with van der Waals surface area (Å²) < 4.78 is 15.8. The van der Waals surface area contributed by atoms with E-state index < -0.39 is 5.41 Å². The van der Waals surface area contributed by atoms with Gasteiger partial charge in [-0.3, -0.25) is 0 Å². The molecule has 0 atom stereocenters. The second kappa shape index (κ2) is 24.7. The summed E-state index contributed by atoms with van der Waals surface area (Å²) in [5.41, 5.74) is 25.4. The van der Waals surface area contributed by atoms with Crippen LogP contribution in [0.15, 0.2) is 397 Å². The Balaban J connectivity index is 0.000000157. The summed E-state index contributed by atoms with van der Waals surface area (Å²) in [5, 5.41) is 19.8. The van der Waals surface area contributed by atoms with Crippen LogP contribution in [0.1, 0.15) is 22.3 Å². The zero-order chi connectivity index (χ0) is 71.0. The Bertz CT molecular complexity index is 7230. The average molecular weight is 1390 g/mol. The van der Waals surface area contributed by atoms with E-state index in [2.05, 4.69) is 376 Å². The molecule has 22 aromatic rings. The first-order valence-electron chi connectivity index (χ1n) is 37.2. The van der Waals surface area contributed by atoms with E-state index in [0.29, 0.717) is 0 Å². The number of hydrogen-bond donors (Lipinski definition) is 0. The van der Waals surface area contributed by atoms with E-state index in [4.69, 9.17) is 8.83 Å². The number of benzene rings is 19. The first-order valence-corrected chi connectivity index (χ1v) is 38.0. The average Bonchev–Trinajstić information content (AvgIpc) is 1.50. The van der Waals surface area contributed by atoms with Gasteiger partial charge < -0.3 is 8.83 Å². The molecule has 1 aliphatic carbocycles. The van der Waals surface area contributed by atoms with E-state index >= 15 is 0 Å². The lowest BCUT2D eigenvalue weighted by molar-refractivity contribution is 0.668. The molecule has 3 heteroatoms. The van der Waals surface area contributed by atoms with Gasteiger partial charge in [0.25, 0.3) is 0 Å². The third-order valence-corrected chi connectivity index (χ3v) is 24.2. The maximum absolute atomic E-state index is 7.16. The molecule has 0 N–H and O–H groups in total. The highest BCUT2D eigenvalue weighted by Crippen LogP contribution is 2.62. The van der Waals surface area contributed by atoms with Crippen LogP contribution >= 0.6 is 11.3 Å². The number of fused-ring (bicyclic) bond motifs is 19. The summed E-state index contributed by atoms with van der Waals surface area (Å²) in [6.07, 6.45) is 0. The van der Waals surface area contributed by atoms with Crippen LogP contribution in [0.5, 0.6) is 0 Å². The Labute approximate surface area is 627 Å². The monoisotopic (exact) mass is 1390 g/mol. The Kier molecular flexibility index (Phi) is 14.1. The normalized spacial score (nSPS) is 12.5. The zero-order valence-electron chi connectivity index (χ0n) is 58.7. The van der Waals surface area contributed by atoms with Crippen molar-refractivity contribution in [2.24, 2.45) is 0 Å². The van der Waals surface area contributed by atoms with Gasteiger partial charge in [0.2, 0.25) is 0 Å². The summed E-state index contributed by atoms with van der Waals surface area (Å²) in [5.74, 6) is 0. The second-order valence-electron chi connectivity index (χ2n) is 28.7. The number of thiophene rings is 1. The van der Waals surface area contributed by atoms with Gasteiger partial charge in [0.05, 0.1) is 5.41 Å². The van der Waals surface area contributed by atoms with Crippen molar-refractivity contribution in [3.63, 3.8) is 0 Å². The van der Waals surface area contributed by atoms with E-state index in [1.807, 2.05) is 23.5 Å². The van der Waals surface area contributed by atoms with Crippen molar-refractivity contribution in [3.8, 4) is 77.9 Å². The second-order valence-corrected chi connectivity index (χ2v) is 29.7. The fraction of sp³-hybridized carbons (Fsp3) is 0.00952. The predicted octanol–water partition coefficient (Wildman–Crippen LogP) is 29.7. The number of para-hydroxylation sites is 1. The summed E-state index contributed by atoms with van der Waals surface area (Å²) >= 11 is 1.90. The van der Waals surface area contributed by atoms with Gasteiger partial charge in [0.1, 0.15) is 22.3 Å². The van der Waals surface area contributed by atoms with Crippen LogP contribution in [0.25, 0.3) is 196 Å². The molecule has 1 aliphatic rings. The number of rotatable bonds is 8. The van der Waals surface area contributed by atoms with E-state index in [-0.39, 0.29) is 0 Å². The molecule has 502 valence electrons. The molecule has 3 heterocycles. The predicted molar refractivity (Wildman–Crippen MR) is 458 cm³/mol. The Morgan fingerprint density at radius 1 is 0.204 bits per heavy atom. The minimum Gasteiger partial charge on any atom is -0.456 e. The maximum atomic E-state index is 7.16. The molecule has 0 amide bonds. The molecule has 3 aromatic heterocycles. The van der Waals surface area contributed by atoms with Crippen molar-refractivity contribution in [2.75, 3.05) is 0 Å². The van der Waals surface area contributed by atoms with Crippen molar-refractivity contribution in [3.05, 3.63) is 411 Å². The number of hydrogen-bond acceptors (Lipinski definition) is 3. The topological polar surface area (TPSA) is 26.3 Å². The summed E-state index contributed by atoms with van der Waals surface area (Å²) in [4.78, 5) is 0. The van der Waals surface area contributed by atoms with Crippen molar-refractivity contribution < 1.29 is 8.83 Å². The Morgan fingerprint density at radius 2 is 0.583 bits per heavy atom. The van der Waals surface area contributed by atoms with E-state index in [1.165, 1.54) is 169 Å². The lowest BCUT2D eigenvalue weighted by Crippen LogP contribution is -2.28. The van der Waals surface area contributed by atoms with E-state index in [9.17, 15) is 0 Å². The van der Waals surface area contributed by atoms with Crippen LogP contribution in [0, 0.1) is 0 Å². The molecule has 0 unspecified atom stereocenters. The lowest BCUT2D eigenvalue weighted by Gasteiger charge is -2.33. The van der Waals surface area contributed by atoms with Gasteiger partial charge in [-0.15, -0.1) is 11.3 Å². The number of furan rings is 2. The molecule has 0 bridgehead atoms. The van der Waals surface area contributed by atoms with Gasteiger partial charge in [-0.2, -0.15) is 0 Å². The maximum Gasteiger partial charge on any atom is 0.143 e. The molecule has 108 heavy (non-hydrogen) atoms. The van der Waals surface area contributed by atoms with Crippen LogP contribution in [0.3, 0.4) is 0 Å². The Hall–Kier alpha value is -13.7. The third kappa shape index (κ3) is 9.45. The smallest absolute Gasteiger partial charge is 0.143 e. The Morgan fingerprint density at radius 3 is 1.13 bits per heavy atom. The SMILES string of the molecule is c1ccc(-c2c3ccccc3c(-c3ccc(-c4ccc5oc6ccccc6c5c4)cc3)c3ccccc23)cc1.c1ccc(C2(c3ccccc3)c3ccc4c(oc5ccc(-c6ccc(-c7c8ccccc8c(-c8cccc9ccccc89)c8ccccc78)cc6)cc54)c3-c3c2ccc2c3sc3ccccc32)cc1. The fourth-order valence-electron chi connectivity index (χ4n) is 18.3. The van der Waals surface area contributed by atoms with Gasteiger partial charge in [-0.25, -0.2) is 0 Å². The van der Waals surface area contributed by atoms with Gasteiger partial charge in [0, 0.05) is 52.8 Å². The quantitative estimate of drug-likeness (QED) is 0.142. The van der Waals surface area contributed by atoms with Crippen molar-refractivity contribution in [1.82, 2.24) is 0 Å². The van der Waals surface area contributed by atoms with Crippen LogP contribution in [0.2, 0.25) is 0 Å². The molecule has 0 saturated carbocycles. The summed E-state index contributed by atoms with van der Waals surface area (Å²) in [6, 6.07) is 142. The standard InChI is InChI=1S/C67H40OS.C38H24O/c1-3-18-45(19-4-1)67(46-20-5-2-6-21-46)57-37-35-54-56-40-44(34-39-59(56)68-65(54)63(57)64-58(67)38-36-55-48-23-13-14-29-60(48)69-66(55)64)41-30-32-43(33-31-41)61-50-24-9-11-26-52(50)62(53-27-12-10-25-51(53)61)49-28-15-17-42-16-7-8-22-47(42)49;1-2-10-26(11-3-1)37-30-13-4-6-15-32(30)38(33-16-7-5-14-31(33)37)27-20-18-25(19-21-27)28-22-23-36-34(24-28)29-12-8-9-17-35(29)39-36/h1-40H;1-24H. The molecule has 2 nitrogen and oxygen atoms in total. The highest BCUT2D eigenvalue weighted by atomic mass is 32.1. The highest BCUT2D eigenvalue weighted by molar-refractivity contribution is 7.26. The van der Waals surface area contributed by atoms with Crippen LogP contribution in [0.4, 0.5) is 0 Å². The molecule has 0 fully saturated rings. The van der Waals surface area contributed by atoms with Gasteiger partial charge in [-0.1, -0.05) is 352 Å². The van der Waals surface area contributed by atoms with Crippen LogP contribution in [-0.2, 0) is 5.41 Å². The molecule has 0 aliphatic heterocycles. The molecule has 0 radical (unpaired) electrons. The van der Waals surface area contributed by atoms with Crippen molar-refractivity contribution >= 4 is 129 Å². The minimum atomic E-state index is -0.537. The van der Waals surface area contributed by atoms with E-state index in [1.54, 1.807) is 0 Å². The first-order chi connectivity index (χ1) is 53.6. The van der Waals surface area contributed by atoms with Crippen molar-refractivity contribution in [1.29, 1.82) is 0 Å². The molecular weight excluding hydrogens is 1330 g/mol. The van der Waals surface area contributed by atoms with E-state index in [0.717, 1.165) is 49.4 Å². The zero-order valence-corrected chi connectivity index (χ0v) is 59.5. The molecule has 0 spiro atoms. The van der Waals surface area contributed by atoms with Gasteiger partial charge >= 0.3 is 0 Å². The summed E-state index contributed by atoms with van der Waals surface area (Å²) in [7, 11) is 0. The van der Waals surface area contributed by atoms with Crippen molar-refractivity contribution in [2.45, 2.75) is 5.41 Å². The molecule has 23 rings (SSSR count). The lowest BCUT2D eigenvalue weighted by atomic mass is 9.67. The van der Waals surface area contributed by atoms with Gasteiger partial charge in [0.15, 0.2) is 0 Å². The largest absolute Gasteiger partial charge is 0.456 e. The highest BCUT2D eigenvalue weighted by Gasteiger charge is 2.48. The minimum absolute atomic E-state index is 0.537. The van der Waals surface area contributed by atoms with Crippen LogP contribution in [-0.4, -0.2) is 0 Å². The fourth-order valence-corrected chi connectivity index (χ4v) is 19.6. The molecular formula is C105H64O2S. The molecule has 19 aromatic carbocycles. The summed E-state index contributed by atoms with van der Waals surface area (Å²) in [6.45, 7) is 0. The molecule has 0 saturated heterocycles. The van der Waals surface area contributed by atoms with Crippen LogP contribution < -0.4 is 0 Å².